The van der Waals surface area contributed by atoms with Crippen LogP contribution in [0.4, 0.5) is 0 Å². The maximum absolute atomic E-state index is 11.7. The molecule has 0 aromatic carbocycles. The summed E-state index contributed by atoms with van der Waals surface area (Å²) in [6.07, 6.45) is 5.92. The summed E-state index contributed by atoms with van der Waals surface area (Å²) in [6, 6.07) is 1.78. The smallest absolute Gasteiger partial charge is 0.239 e. The number of hydrogen-bond donors (Lipinski definition) is 1. The molecule has 1 aromatic rings. The molecule has 4 nitrogen and oxygen atoms in total. The number of nitrogens with one attached hydrogen (secondary N) is 1. The first-order chi connectivity index (χ1) is 9.02. The maximum Gasteiger partial charge on any atom is 0.239 e. The zero-order valence-corrected chi connectivity index (χ0v) is 12.1. The predicted octanol–water partition coefficient (Wildman–Crippen LogP) is 2.63. The molecule has 19 heavy (non-hydrogen) atoms. The van der Waals surface area contributed by atoms with Crippen molar-refractivity contribution in [1.29, 1.82) is 0 Å². The van der Waals surface area contributed by atoms with Gasteiger partial charge in [-0.1, -0.05) is 20.8 Å². The lowest BCUT2D eigenvalue weighted by molar-refractivity contribution is -0.121. The minimum absolute atomic E-state index is 0.00857. The van der Waals surface area contributed by atoms with Crippen LogP contribution in [0, 0.1) is 5.92 Å². The van der Waals surface area contributed by atoms with E-state index in [-0.39, 0.29) is 18.2 Å². The fourth-order valence-electron chi connectivity index (χ4n) is 1.80. The van der Waals surface area contributed by atoms with Gasteiger partial charge in [0, 0.05) is 30.9 Å². The Bertz CT molecular complexity index is 422. The first-order valence-corrected chi connectivity index (χ1v) is 6.98. The molecule has 0 aliphatic rings. The second kappa shape index (κ2) is 7.77. The van der Waals surface area contributed by atoms with Crippen LogP contribution in [0.5, 0.6) is 0 Å². The van der Waals surface area contributed by atoms with Gasteiger partial charge in [0.25, 0.3) is 0 Å². The number of rotatable bonds is 8. The highest BCUT2D eigenvalue weighted by molar-refractivity contribution is 5.95. The SMILES string of the molecule is CCCC(=O)c1ccn(CC(=O)NCCC(C)C)c1. The van der Waals surface area contributed by atoms with Gasteiger partial charge in [0.1, 0.15) is 6.54 Å². The number of aromatic nitrogens is 1. The van der Waals surface area contributed by atoms with E-state index in [1.165, 1.54) is 0 Å². The molecule has 1 heterocycles. The van der Waals surface area contributed by atoms with Crippen LogP contribution in [-0.2, 0) is 11.3 Å². The number of Topliss-reactive ketones (excluding diaryl/α,β-unsaturated/α-hetero) is 1. The van der Waals surface area contributed by atoms with Crippen molar-refractivity contribution in [2.75, 3.05) is 6.54 Å². The molecule has 0 fully saturated rings. The molecule has 0 bridgehead atoms. The molecule has 1 N–H and O–H groups in total. The predicted molar refractivity (Wildman–Crippen MR) is 76.1 cm³/mol. The summed E-state index contributed by atoms with van der Waals surface area (Å²) >= 11 is 0. The number of ketones is 1. The van der Waals surface area contributed by atoms with Crippen LogP contribution >= 0.6 is 0 Å². The first-order valence-electron chi connectivity index (χ1n) is 6.98. The molecule has 0 saturated heterocycles. The molecular formula is C15H24N2O2. The summed E-state index contributed by atoms with van der Waals surface area (Å²) in [5.74, 6) is 0.720. The Balaban J connectivity index is 2.40. The highest BCUT2D eigenvalue weighted by atomic mass is 16.2. The molecule has 0 aliphatic heterocycles. The van der Waals surface area contributed by atoms with Gasteiger partial charge in [-0.15, -0.1) is 0 Å². The fraction of sp³-hybridized carbons (Fsp3) is 0.600. The van der Waals surface area contributed by atoms with E-state index in [1.807, 2.05) is 6.92 Å². The summed E-state index contributed by atoms with van der Waals surface area (Å²) in [6.45, 7) is 7.22. The highest BCUT2D eigenvalue weighted by Gasteiger charge is 2.08. The van der Waals surface area contributed by atoms with Gasteiger partial charge in [-0.05, 0) is 24.8 Å². The summed E-state index contributed by atoms with van der Waals surface area (Å²) in [7, 11) is 0. The summed E-state index contributed by atoms with van der Waals surface area (Å²) in [4.78, 5) is 23.4. The van der Waals surface area contributed by atoms with E-state index in [9.17, 15) is 9.59 Å². The summed E-state index contributed by atoms with van der Waals surface area (Å²) < 4.78 is 1.76. The molecule has 0 aliphatic carbocycles. The Morgan fingerprint density at radius 3 is 2.74 bits per heavy atom. The average molecular weight is 264 g/mol. The van der Waals surface area contributed by atoms with Crippen molar-refractivity contribution in [2.24, 2.45) is 5.92 Å². The summed E-state index contributed by atoms with van der Waals surface area (Å²) in [5, 5.41) is 2.88. The number of nitrogens with zero attached hydrogens (tertiary/aromatic N) is 1. The van der Waals surface area contributed by atoms with Crippen molar-refractivity contribution in [3.63, 3.8) is 0 Å². The van der Waals surface area contributed by atoms with E-state index in [0.717, 1.165) is 12.8 Å². The third-order valence-corrected chi connectivity index (χ3v) is 2.92. The molecule has 0 radical (unpaired) electrons. The van der Waals surface area contributed by atoms with E-state index in [1.54, 1.807) is 23.0 Å². The van der Waals surface area contributed by atoms with Crippen LogP contribution in [0.15, 0.2) is 18.5 Å². The Morgan fingerprint density at radius 1 is 1.37 bits per heavy atom. The van der Waals surface area contributed by atoms with Crippen molar-refractivity contribution in [1.82, 2.24) is 9.88 Å². The third kappa shape index (κ3) is 5.73. The highest BCUT2D eigenvalue weighted by Crippen LogP contribution is 2.06. The van der Waals surface area contributed by atoms with Crippen LogP contribution in [0.2, 0.25) is 0 Å². The van der Waals surface area contributed by atoms with Crippen LogP contribution in [0.3, 0.4) is 0 Å². The molecule has 0 unspecified atom stereocenters. The van der Waals surface area contributed by atoms with Crippen molar-refractivity contribution >= 4 is 11.7 Å². The first kappa shape index (κ1) is 15.5. The number of amides is 1. The van der Waals surface area contributed by atoms with E-state index in [4.69, 9.17) is 0 Å². The Labute approximate surface area is 115 Å². The Morgan fingerprint density at radius 2 is 2.11 bits per heavy atom. The quantitative estimate of drug-likeness (QED) is 0.734. The van der Waals surface area contributed by atoms with Gasteiger partial charge < -0.3 is 9.88 Å². The largest absolute Gasteiger partial charge is 0.355 e. The van der Waals surface area contributed by atoms with Crippen LogP contribution in [-0.4, -0.2) is 22.8 Å². The van der Waals surface area contributed by atoms with E-state index in [0.29, 0.717) is 24.4 Å². The second-order valence-corrected chi connectivity index (χ2v) is 5.28. The van der Waals surface area contributed by atoms with Gasteiger partial charge in [0.15, 0.2) is 5.78 Å². The molecule has 1 amide bonds. The van der Waals surface area contributed by atoms with Crippen LogP contribution < -0.4 is 5.32 Å². The van der Waals surface area contributed by atoms with E-state index in [2.05, 4.69) is 19.2 Å². The monoisotopic (exact) mass is 264 g/mol. The minimum atomic E-state index is -0.00857. The maximum atomic E-state index is 11.7. The number of carbonyl (C=O) groups excluding carboxylic acids is 2. The van der Waals surface area contributed by atoms with Crippen molar-refractivity contribution in [2.45, 2.75) is 46.6 Å². The normalized spacial score (nSPS) is 10.7. The lowest BCUT2D eigenvalue weighted by Crippen LogP contribution is -2.28. The van der Waals surface area contributed by atoms with Crippen LogP contribution in [0.1, 0.15) is 50.4 Å². The lowest BCUT2D eigenvalue weighted by atomic mass is 10.1. The zero-order valence-electron chi connectivity index (χ0n) is 12.1. The van der Waals surface area contributed by atoms with E-state index < -0.39 is 0 Å². The Kier molecular flexibility index (Phi) is 6.33. The number of carbonyl (C=O) groups is 2. The van der Waals surface area contributed by atoms with Gasteiger partial charge in [-0.2, -0.15) is 0 Å². The minimum Gasteiger partial charge on any atom is -0.355 e. The third-order valence-electron chi connectivity index (χ3n) is 2.92. The molecule has 1 rings (SSSR count). The molecule has 106 valence electrons. The van der Waals surface area contributed by atoms with Crippen molar-refractivity contribution in [3.8, 4) is 0 Å². The van der Waals surface area contributed by atoms with Crippen LogP contribution in [0.25, 0.3) is 0 Å². The molecule has 1 aromatic heterocycles. The summed E-state index contributed by atoms with van der Waals surface area (Å²) in [5.41, 5.74) is 0.692. The molecule has 0 saturated carbocycles. The average Bonchev–Trinajstić information content (AvgIpc) is 2.77. The second-order valence-electron chi connectivity index (χ2n) is 5.28. The van der Waals surface area contributed by atoms with Gasteiger partial charge in [-0.25, -0.2) is 0 Å². The topological polar surface area (TPSA) is 51.1 Å². The Hall–Kier alpha value is -1.58. The van der Waals surface area contributed by atoms with Gasteiger partial charge in [0.2, 0.25) is 5.91 Å². The standard InChI is InChI=1S/C15H24N2O2/c1-4-5-14(18)13-7-9-17(10-13)11-15(19)16-8-6-12(2)3/h7,9-10,12H,4-6,8,11H2,1-3H3,(H,16,19). The molecule has 4 heteroatoms. The number of hydrogen-bond acceptors (Lipinski definition) is 2. The zero-order chi connectivity index (χ0) is 14.3. The van der Waals surface area contributed by atoms with Gasteiger partial charge >= 0.3 is 0 Å². The lowest BCUT2D eigenvalue weighted by Gasteiger charge is -2.07. The molecular weight excluding hydrogens is 240 g/mol. The molecule has 0 spiro atoms. The van der Waals surface area contributed by atoms with Gasteiger partial charge in [0.05, 0.1) is 0 Å². The van der Waals surface area contributed by atoms with Gasteiger partial charge in [-0.3, -0.25) is 9.59 Å². The van der Waals surface area contributed by atoms with Crippen molar-refractivity contribution < 1.29 is 9.59 Å². The van der Waals surface area contributed by atoms with E-state index >= 15 is 0 Å². The fourth-order valence-corrected chi connectivity index (χ4v) is 1.80. The van der Waals surface area contributed by atoms with Crippen molar-refractivity contribution in [3.05, 3.63) is 24.0 Å². The molecule has 0 atom stereocenters.